The zero-order valence-corrected chi connectivity index (χ0v) is 18.3. The normalized spacial score (nSPS) is 10.8. The second-order valence-corrected chi connectivity index (χ2v) is 7.76. The number of rotatable bonds is 5. The molecule has 0 amide bonds. The van der Waals surface area contributed by atoms with Crippen LogP contribution in [0.5, 0.6) is 0 Å². The van der Waals surface area contributed by atoms with Gasteiger partial charge in [-0.1, -0.05) is 23.7 Å². The van der Waals surface area contributed by atoms with Crippen LogP contribution in [0.3, 0.4) is 0 Å². The Morgan fingerprint density at radius 2 is 1.97 bits per heavy atom. The zero-order valence-electron chi connectivity index (χ0n) is 17.6. The van der Waals surface area contributed by atoms with Crippen molar-refractivity contribution in [2.75, 3.05) is 5.32 Å². The summed E-state index contributed by atoms with van der Waals surface area (Å²) in [6.07, 6.45) is 7.00. The molecule has 160 valence electrons. The Kier molecular flexibility index (Phi) is 5.39. The summed E-state index contributed by atoms with van der Waals surface area (Å²) in [5, 5.41) is 18.9. The van der Waals surface area contributed by atoms with Gasteiger partial charge < -0.3 is 5.32 Å². The highest BCUT2D eigenvalue weighted by atomic mass is 35.5. The molecule has 4 aromatic heterocycles. The third kappa shape index (κ3) is 4.10. The average molecular weight is 453 g/mol. The van der Waals surface area contributed by atoms with Crippen LogP contribution in [0.1, 0.15) is 11.3 Å². The van der Waals surface area contributed by atoms with E-state index in [9.17, 15) is 5.26 Å². The van der Waals surface area contributed by atoms with E-state index in [1.54, 1.807) is 29.3 Å². The Morgan fingerprint density at radius 3 is 2.73 bits per heavy atom. The molecule has 9 heteroatoms. The molecule has 8 nitrogen and oxygen atoms in total. The van der Waals surface area contributed by atoms with Crippen LogP contribution in [0.25, 0.3) is 33.5 Å². The highest BCUT2D eigenvalue weighted by Crippen LogP contribution is 2.34. The number of aryl methyl sites for hydroxylation is 1. The maximum absolute atomic E-state index is 9.82. The minimum absolute atomic E-state index is 0.177. The number of pyridine rings is 2. The molecule has 1 aromatic carbocycles. The molecule has 0 aliphatic heterocycles. The van der Waals surface area contributed by atoms with Gasteiger partial charge in [0.25, 0.3) is 0 Å². The molecule has 4 heterocycles. The van der Waals surface area contributed by atoms with Crippen LogP contribution >= 0.6 is 11.6 Å². The molecule has 0 aliphatic carbocycles. The number of nitrogens with one attached hydrogen (secondary N) is 1. The van der Waals surface area contributed by atoms with Crippen LogP contribution in [-0.4, -0.2) is 29.7 Å². The molecule has 0 fully saturated rings. The SMILES string of the molecule is Cn1ccc(-c2nc(NCc3cccnc3)c(C#N)nc2-c2cc(Cl)c3ncccc3c2)n1. The Balaban J connectivity index is 1.66. The number of nitriles is 1. The van der Waals surface area contributed by atoms with Crippen molar-refractivity contribution in [3.8, 4) is 28.7 Å². The van der Waals surface area contributed by atoms with Gasteiger partial charge in [0.15, 0.2) is 11.5 Å². The third-order valence-corrected chi connectivity index (χ3v) is 5.36. The summed E-state index contributed by atoms with van der Waals surface area (Å²) in [4.78, 5) is 17.9. The molecule has 0 spiro atoms. The van der Waals surface area contributed by atoms with Gasteiger partial charge in [-0.15, -0.1) is 0 Å². The minimum Gasteiger partial charge on any atom is -0.364 e. The van der Waals surface area contributed by atoms with Crippen molar-refractivity contribution in [1.29, 1.82) is 5.26 Å². The molecule has 0 atom stereocenters. The molecular formula is C24H17ClN8. The third-order valence-electron chi connectivity index (χ3n) is 5.07. The number of anilines is 1. The fourth-order valence-corrected chi connectivity index (χ4v) is 3.81. The maximum atomic E-state index is 9.82. The topological polar surface area (TPSA) is 105 Å². The Hall–Kier alpha value is -4.35. The standard InChI is InChI=1S/C24H17ClN8/c1-33-9-6-19(32-33)23-22(17-10-16-5-3-8-28-21(16)18(25)11-17)30-20(12-26)24(31-23)29-14-15-4-2-7-27-13-15/h2-11,13H,14H2,1H3,(H,29,31). The highest BCUT2D eigenvalue weighted by Gasteiger charge is 2.20. The van der Waals surface area contributed by atoms with Crippen LogP contribution in [0.4, 0.5) is 5.82 Å². The monoisotopic (exact) mass is 452 g/mol. The molecule has 0 bridgehead atoms. The summed E-state index contributed by atoms with van der Waals surface area (Å²) in [6, 6.07) is 15.3. The summed E-state index contributed by atoms with van der Waals surface area (Å²) in [6.45, 7) is 0.450. The molecule has 0 aliphatic rings. The fraction of sp³-hybridized carbons (Fsp3) is 0.0833. The van der Waals surface area contributed by atoms with Crippen LogP contribution in [-0.2, 0) is 13.6 Å². The lowest BCUT2D eigenvalue weighted by atomic mass is 10.0. The number of nitrogens with zero attached hydrogens (tertiary/aromatic N) is 7. The van der Waals surface area contributed by atoms with E-state index in [2.05, 4.69) is 31.4 Å². The first-order chi connectivity index (χ1) is 16.1. The van der Waals surface area contributed by atoms with Gasteiger partial charge in [0.05, 0.1) is 10.5 Å². The molecule has 5 aromatic rings. The number of fused-ring (bicyclic) bond motifs is 1. The predicted octanol–water partition coefficient (Wildman–Crippen LogP) is 4.62. The van der Waals surface area contributed by atoms with E-state index in [0.29, 0.717) is 40.0 Å². The predicted molar refractivity (Wildman–Crippen MR) is 126 cm³/mol. The number of hydrogen-bond acceptors (Lipinski definition) is 7. The lowest BCUT2D eigenvalue weighted by Crippen LogP contribution is -2.08. The van der Waals surface area contributed by atoms with Crippen LogP contribution in [0, 0.1) is 11.3 Å². The van der Waals surface area contributed by atoms with E-state index in [1.165, 1.54) is 0 Å². The van der Waals surface area contributed by atoms with Gasteiger partial charge >= 0.3 is 0 Å². The molecule has 0 saturated carbocycles. The van der Waals surface area contributed by atoms with Gasteiger partial charge in [-0.2, -0.15) is 10.4 Å². The number of benzene rings is 1. The molecule has 0 unspecified atom stereocenters. The van der Waals surface area contributed by atoms with Gasteiger partial charge in [-0.25, -0.2) is 9.97 Å². The van der Waals surface area contributed by atoms with Crippen molar-refractivity contribution < 1.29 is 0 Å². The highest BCUT2D eigenvalue weighted by molar-refractivity contribution is 6.35. The summed E-state index contributed by atoms with van der Waals surface area (Å²) < 4.78 is 1.69. The van der Waals surface area contributed by atoms with Crippen molar-refractivity contribution in [1.82, 2.24) is 29.7 Å². The lowest BCUT2D eigenvalue weighted by molar-refractivity contribution is 0.770. The molecule has 5 rings (SSSR count). The fourth-order valence-electron chi connectivity index (χ4n) is 3.53. The molecule has 33 heavy (non-hydrogen) atoms. The van der Waals surface area contributed by atoms with E-state index >= 15 is 0 Å². The number of halogens is 1. The molecule has 0 saturated heterocycles. The van der Waals surface area contributed by atoms with E-state index in [4.69, 9.17) is 16.6 Å². The van der Waals surface area contributed by atoms with Gasteiger partial charge in [-0.05, 0) is 35.9 Å². The Bertz CT molecular complexity index is 1500. The van der Waals surface area contributed by atoms with Crippen LogP contribution in [0.2, 0.25) is 5.02 Å². The first-order valence-corrected chi connectivity index (χ1v) is 10.5. The summed E-state index contributed by atoms with van der Waals surface area (Å²) in [5.74, 6) is 0.374. The maximum Gasteiger partial charge on any atom is 0.183 e. The lowest BCUT2D eigenvalue weighted by Gasteiger charge is -2.13. The van der Waals surface area contributed by atoms with E-state index in [-0.39, 0.29) is 5.69 Å². The largest absolute Gasteiger partial charge is 0.364 e. The van der Waals surface area contributed by atoms with Crippen molar-refractivity contribution in [3.63, 3.8) is 0 Å². The van der Waals surface area contributed by atoms with Gasteiger partial charge in [0.2, 0.25) is 0 Å². The van der Waals surface area contributed by atoms with Crippen molar-refractivity contribution in [3.05, 3.63) is 83.5 Å². The number of aromatic nitrogens is 6. The quantitative estimate of drug-likeness (QED) is 0.414. The van der Waals surface area contributed by atoms with Crippen LogP contribution < -0.4 is 5.32 Å². The second-order valence-electron chi connectivity index (χ2n) is 7.35. The van der Waals surface area contributed by atoms with E-state index < -0.39 is 0 Å². The Morgan fingerprint density at radius 1 is 1.09 bits per heavy atom. The first kappa shape index (κ1) is 20.5. The van der Waals surface area contributed by atoms with Crippen molar-refractivity contribution in [2.45, 2.75) is 6.54 Å². The average Bonchev–Trinajstić information content (AvgIpc) is 3.29. The zero-order chi connectivity index (χ0) is 22.8. The summed E-state index contributed by atoms with van der Waals surface area (Å²) >= 11 is 6.52. The van der Waals surface area contributed by atoms with Gasteiger partial charge in [-0.3, -0.25) is 14.6 Å². The number of hydrogen-bond donors (Lipinski definition) is 1. The summed E-state index contributed by atoms with van der Waals surface area (Å²) in [5.41, 5.74) is 4.26. The van der Waals surface area contributed by atoms with Crippen molar-refractivity contribution in [2.24, 2.45) is 7.05 Å². The molecule has 0 radical (unpaired) electrons. The van der Waals surface area contributed by atoms with Crippen LogP contribution in [0.15, 0.2) is 67.3 Å². The van der Waals surface area contributed by atoms with E-state index in [1.807, 2.05) is 49.6 Å². The van der Waals surface area contributed by atoms with Crippen molar-refractivity contribution >= 4 is 28.3 Å². The first-order valence-electron chi connectivity index (χ1n) is 10.1. The Labute approximate surface area is 194 Å². The van der Waals surface area contributed by atoms with Gasteiger partial charge in [0.1, 0.15) is 23.2 Å². The smallest absolute Gasteiger partial charge is 0.183 e. The second kappa shape index (κ2) is 8.65. The van der Waals surface area contributed by atoms with E-state index in [0.717, 1.165) is 16.5 Å². The molecule has 1 N–H and O–H groups in total. The summed E-state index contributed by atoms with van der Waals surface area (Å²) in [7, 11) is 1.83. The minimum atomic E-state index is 0.177. The van der Waals surface area contributed by atoms with Gasteiger partial charge in [0, 0.05) is 49.3 Å². The molecular weight excluding hydrogens is 436 g/mol.